The molecule has 2 aromatic rings. The Morgan fingerprint density at radius 1 is 0.950 bits per heavy atom. The maximum atomic E-state index is 12.5. The molecule has 0 aliphatic rings. The molecule has 0 amide bonds. The van der Waals surface area contributed by atoms with Crippen LogP contribution in [0.1, 0.15) is 29.8 Å². The van der Waals surface area contributed by atoms with Crippen molar-refractivity contribution >= 4 is 11.4 Å². The number of hydrogen-bond donors (Lipinski definition) is 1. The van der Waals surface area contributed by atoms with Crippen molar-refractivity contribution in [1.82, 2.24) is 0 Å². The van der Waals surface area contributed by atoms with Crippen LogP contribution in [-0.4, -0.2) is 16.5 Å². The van der Waals surface area contributed by atoms with Crippen molar-refractivity contribution in [3.05, 3.63) is 77.9 Å². The first-order valence-electron chi connectivity index (χ1n) is 6.62. The normalized spacial score (nSPS) is 14.7. The highest BCUT2D eigenvalue weighted by atomic mass is 16.3. The summed E-state index contributed by atoms with van der Waals surface area (Å²) in [7, 11) is 0. The van der Waals surface area contributed by atoms with Crippen molar-refractivity contribution in [3.63, 3.8) is 0 Å². The monoisotopic (exact) mass is 266 g/mol. The van der Waals surface area contributed by atoms with Crippen molar-refractivity contribution in [3.8, 4) is 0 Å². The van der Waals surface area contributed by atoms with Crippen LogP contribution >= 0.6 is 0 Å². The van der Waals surface area contributed by atoms with E-state index in [4.69, 9.17) is 0 Å². The molecule has 1 N–H and O–H groups in total. The molecule has 0 spiro atoms. The summed E-state index contributed by atoms with van der Waals surface area (Å²) in [6, 6.07) is 18.3. The van der Waals surface area contributed by atoms with Crippen LogP contribution < -0.4 is 0 Å². The van der Waals surface area contributed by atoms with Crippen LogP contribution in [0.2, 0.25) is 0 Å². The summed E-state index contributed by atoms with van der Waals surface area (Å²) < 4.78 is 0. The predicted molar refractivity (Wildman–Crippen MR) is 81.5 cm³/mol. The van der Waals surface area contributed by atoms with Gasteiger partial charge in [-0.3, -0.25) is 4.79 Å². The third-order valence-electron chi connectivity index (χ3n) is 3.38. The minimum absolute atomic E-state index is 0.296. The fourth-order valence-electron chi connectivity index (χ4n) is 2.34. The van der Waals surface area contributed by atoms with Crippen molar-refractivity contribution in [2.24, 2.45) is 0 Å². The van der Waals surface area contributed by atoms with E-state index < -0.39 is 5.60 Å². The lowest BCUT2D eigenvalue weighted by Gasteiger charge is -2.25. The maximum Gasteiger partial charge on any atom is 0.198 e. The van der Waals surface area contributed by atoms with Crippen molar-refractivity contribution < 1.29 is 9.90 Å². The molecule has 2 nitrogen and oxygen atoms in total. The number of aliphatic hydroxyl groups is 1. The first kappa shape index (κ1) is 14.2. The van der Waals surface area contributed by atoms with Crippen LogP contribution in [0.15, 0.2) is 66.7 Å². The van der Waals surface area contributed by atoms with E-state index in [2.05, 4.69) is 0 Å². The second-order valence-corrected chi connectivity index (χ2v) is 4.84. The molecule has 2 rings (SSSR count). The third-order valence-corrected chi connectivity index (χ3v) is 3.38. The molecular formula is C18H18O2. The summed E-state index contributed by atoms with van der Waals surface area (Å²) in [5.41, 5.74) is 0.432. The molecule has 102 valence electrons. The summed E-state index contributed by atoms with van der Waals surface area (Å²) in [5.74, 6) is -0.296. The molecule has 1 atom stereocenters. The Hall–Kier alpha value is -2.19. The van der Waals surface area contributed by atoms with Crippen LogP contribution in [0.25, 0.3) is 5.57 Å². The van der Waals surface area contributed by atoms with Gasteiger partial charge in [-0.15, -0.1) is 0 Å². The number of benzene rings is 2. The standard InChI is InChI=1S/C18H18O2/c1-3-16(14-10-6-4-7-11-14)18(2,20)17(19)15-12-8-5-9-13-15/h3-13,20H,1-2H3/b16-3+. The van der Waals surface area contributed by atoms with Crippen molar-refractivity contribution in [2.45, 2.75) is 19.4 Å². The number of hydrogen-bond acceptors (Lipinski definition) is 2. The fourth-order valence-corrected chi connectivity index (χ4v) is 2.34. The fraction of sp³-hybridized carbons (Fsp3) is 0.167. The van der Waals surface area contributed by atoms with Gasteiger partial charge < -0.3 is 5.11 Å². The average Bonchev–Trinajstić information content (AvgIpc) is 2.49. The first-order chi connectivity index (χ1) is 9.57. The third kappa shape index (κ3) is 2.70. The Bertz CT molecular complexity index is 610. The Morgan fingerprint density at radius 2 is 1.40 bits per heavy atom. The van der Waals surface area contributed by atoms with E-state index in [9.17, 15) is 9.90 Å². The molecule has 0 aliphatic carbocycles. The zero-order valence-electron chi connectivity index (χ0n) is 11.7. The zero-order chi connectivity index (χ0) is 14.6. The van der Waals surface area contributed by atoms with E-state index in [0.717, 1.165) is 5.56 Å². The van der Waals surface area contributed by atoms with E-state index in [1.165, 1.54) is 0 Å². The smallest absolute Gasteiger partial charge is 0.198 e. The molecule has 0 radical (unpaired) electrons. The molecule has 1 unspecified atom stereocenters. The maximum absolute atomic E-state index is 12.5. The number of rotatable bonds is 4. The number of allylic oxidation sites excluding steroid dienone is 1. The topological polar surface area (TPSA) is 37.3 Å². The molecule has 0 heterocycles. The minimum atomic E-state index is -1.54. The van der Waals surface area contributed by atoms with Gasteiger partial charge in [0, 0.05) is 5.56 Å². The Morgan fingerprint density at radius 3 is 1.85 bits per heavy atom. The molecular weight excluding hydrogens is 248 g/mol. The molecule has 0 aliphatic heterocycles. The Kier molecular flexibility index (Phi) is 4.16. The summed E-state index contributed by atoms with van der Waals surface area (Å²) in [5, 5.41) is 10.7. The van der Waals surface area contributed by atoms with E-state index in [-0.39, 0.29) is 5.78 Å². The van der Waals surface area contributed by atoms with E-state index in [0.29, 0.717) is 11.1 Å². The van der Waals surface area contributed by atoms with Gasteiger partial charge >= 0.3 is 0 Å². The second-order valence-electron chi connectivity index (χ2n) is 4.84. The highest BCUT2D eigenvalue weighted by Crippen LogP contribution is 2.30. The molecule has 20 heavy (non-hydrogen) atoms. The number of carbonyl (C=O) groups is 1. The Balaban J connectivity index is 2.41. The van der Waals surface area contributed by atoms with Gasteiger partial charge in [0.1, 0.15) is 5.60 Å². The quantitative estimate of drug-likeness (QED) is 0.856. The summed E-state index contributed by atoms with van der Waals surface area (Å²) in [6.07, 6.45) is 1.79. The summed E-state index contributed by atoms with van der Waals surface area (Å²) >= 11 is 0. The van der Waals surface area contributed by atoms with Crippen molar-refractivity contribution in [2.75, 3.05) is 0 Å². The van der Waals surface area contributed by atoms with E-state index in [1.54, 1.807) is 37.3 Å². The molecule has 0 fully saturated rings. The molecule has 0 aromatic heterocycles. The lowest BCUT2D eigenvalue weighted by Crippen LogP contribution is -2.36. The van der Waals surface area contributed by atoms with E-state index in [1.807, 2.05) is 43.3 Å². The Labute approximate surface area is 119 Å². The van der Waals surface area contributed by atoms with Crippen LogP contribution in [0.5, 0.6) is 0 Å². The first-order valence-corrected chi connectivity index (χ1v) is 6.62. The van der Waals surface area contributed by atoms with Gasteiger partial charge in [-0.2, -0.15) is 0 Å². The highest BCUT2D eigenvalue weighted by Gasteiger charge is 2.35. The molecule has 0 bridgehead atoms. The summed E-state index contributed by atoms with van der Waals surface area (Å²) in [6.45, 7) is 3.37. The van der Waals surface area contributed by atoms with Crippen LogP contribution in [-0.2, 0) is 0 Å². The van der Waals surface area contributed by atoms with Crippen molar-refractivity contribution in [1.29, 1.82) is 0 Å². The van der Waals surface area contributed by atoms with Gasteiger partial charge in [0.05, 0.1) is 0 Å². The number of carbonyl (C=O) groups excluding carboxylic acids is 1. The van der Waals surface area contributed by atoms with Gasteiger partial charge in [0.2, 0.25) is 0 Å². The minimum Gasteiger partial charge on any atom is -0.377 e. The molecule has 2 aromatic carbocycles. The molecule has 2 heteroatoms. The van der Waals surface area contributed by atoms with Gasteiger partial charge in [0.15, 0.2) is 5.78 Å². The molecule has 0 saturated carbocycles. The van der Waals surface area contributed by atoms with Gasteiger partial charge in [0.25, 0.3) is 0 Å². The van der Waals surface area contributed by atoms with Gasteiger partial charge in [-0.25, -0.2) is 0 Å². The SMILES string of the molecule is C/C=C(\c1ccccc1)C(C)(O)C(=O)c1ccccc1. The zero-order valence-corrected chi connectivity index (χ0v) is 11.7. The second kappa shape index (κ2) is 5.85. The number of Topliss-reactive ketones (excluding diaryl/α,β-unsaturated/α-hetero) is 1. The lowest BCUT2D eigenvalue weighted by atomic mass is 9.83. The van der Waals surface area contributed by atoms with Gasteiger partial charge in [-0.05, 0) is 25.0 Å². The van der Waals surface area contributed by atoms with Gasteiger partial charge in [-0.1, -0.05) is 66.7 Å². The largest absolute Gasteiger partial charge is 0.377 e. The average molecular weight is 266 g/mol. The summed E-state index contributed by atoms with van der Waals surface area (Å²) in [4.78, 5) is 12.5. The highest BCUT2D eigenvalue weighted by molar-refractivity contribution is 6.10. The van der Waals surface area contributed by atoms with Crippen LogP contribution in [0.3, 0.4) is 0 Å². The lowest BCUT2D eigenvalue weighted by molar-refractivity contribution is 0.0622. The van der Waals surface area contributed by atoms with Crippen LogP contribution in [0.4, 0.5) is 0 Å². The molecule has 0 saturated heterocycles. The van der Waals surface area contributed by atoms with Crippen LogP contribution in [0, 0.1) is 0 Å². The predicted octanol–water partition coefficient (Wildman–Crippen LogP) is 3.72. The number of ketones is 1. The van der Waals surface area contributed by atoms with E-state index >= 15 is 0 Å².